The molecule has 1 aromatic rings. The highest BCUT2D eigenvalue weighted by Gasteiger charge is 2.12. The largest absolute Gasteiger partial charge is 0.352 e. The summed E-state index contributed by atoms with van der Waals surface area (Å²) in [6.45, 7) is 5.74. The van der Waals surface area contributed by atoms with Crippen LogP contribution in [0.4, 0.5) is 0 Å². The molecule has 0 saturated heterocycles. The monoisotopic (exact) mass is 251 g/mol. The fourth-order valence-electron chi connectivity index (χ4n) is 1.80. The second kappa shape index (κ2) is 6.96. The van der Waals surface area contributed by atoms with Gasteiger partial charge in [0.2, 0.25) is 0 Å². The van der Waals surface area contributed by atoms with Crippen molar-refractivity contribution in [1.82, 2.24) is 15.2 Å². The number of carbonyl (C=O) groups excluding carboxylic acids is 1. The lowest BCUT2D eigenvalue weighted by atomic mass is 10.2. The summed E-state index contributed by atoms with van der Waals surface area (Å²) in [5.41, 5.74) is 0.866. The average molecular weight is 251 g/mol. The van der Waals surface area contributed by atoms with Crippen molar-refractivity contribution < 1.29 is 4.79 Å². The summed E-state index contributed by atoms with van der Waals surface area (Å²) in [5, 5.41) is 5.75. The predicted octanol–water partition coefficient (Wildman–Crippen LogP) is 0.516. The maximum absolute atomic E-state index is 12.0. The maximum atomic E-state index is 12.0. The lowest BCUT2D eigenvalue weighted by molar-refractivity contribution is 0.0951. The maximum Gasteiger partial charge on any atom is 0.263 e. The second-order valence-corrected chi connectivity index (χ2v) is 4.15. The van der Waals surface area contributed by atoms with Gasteiger partial charge in [0.1, 0.15) is 5.56 Å². The Kier molecular flexibility index (Phi) is 5.58. The Hall–Kier alpha value is -1.62. The fraction of sp³-hybridized carbons (Fsp3) is 0.538. The molecule has 0 saturated carbocycles. The van der Waals surface area contributed by atoms with E-state index in [1.54, 1.807) is 16.7 Å². The Morgan fingerprint density at radius 2 is 2.06 bits per heavy atom. The molecule has 1 aromatic heterocycles. The van der Waals surface area contributed by atoms with E-state index in [2.05, 4.69) is 10.6 Å². The third-order valence-corrected chi connectivity index (χ3v) is 2.84. The molecule has 2 N–H and O–H groups in total. The SMILES string of the molecule is CCn1c(C)ccc(C(=O)NCCCNC)c1=O. The fourth-order valence-corrected chi connectivity index (χ4v) is 1.80. The molecular formula is C13H21N3O2. The van der Waals surface area contributed by atoms with Crippen LogP contribution in [0.2, 0.25) is 0 Å². The lowest BCUT2D eigenvalue weighted by Gasteiger charge is -2.10. The Morgan fingerprint density at radius 1 is 1.33 bits per heavy atom. The minimum absolute atomic E-state index is 0.215. The minimum Gasteiger partial charge on any atom is -0.352 e. The number of hydrogen-bond donors (Lipinski definition) is 2. The molecule has 0 spiro atoms. The number of aromatic nitrogens is 1. The van der Waals surface area contributed by atoms with Crippen molar-refractivity contribution in [3.05, 3.63) is 33.7 Å². The zero-order chi connectivity index (χ0) is 13.5. The van der Waals surface area contributed by atoms with E-state index < -0.39 is 0 Å². The Morgan fingerprint density at radius 3 is 2.67 bits per heavy atom. The van der Waals surface area contributed by atoms with Crippen LogP contribution in [0.15, 0.2) is 16.9 Å². The van der Waals surface area contributed by atoms with Crippen LogP contribution in [-0.2, 0) is 6.54 Å². The van der Waals surface area contributed by atoms with Gasteiger partial charge in [-0.25, -0.2) is 0 Å². The third kappa shape index (κ3) is 3.43. The van der Waals surface area contributed by atoms with Crippen LogP contribution in [0, 0.1) is 6.92 Å². The van der Waals surface area contributed by atoms with E-state index in [0.29, 0.717) is 13.1 Å². The van der Waals surface area contributed by atoms with Gasteiger partial charge in [-0.3, -0.25) is 9.59 Å². The molecule has 0 radical (unpaired) electrons. The summed E-state index contributed by atoms with van der Waals surface area (Å²) in [7, 11) is 1.86. The van der Waals surface area contributed by atoms with E-state index in [1.807, 2.05) is 20.9 Å². The van der Waals surface area contributed by atoms with Gasteiger partial charge < -0.3 is 15.2 Å². The van der Waals surface area contributed by atoms with Crippen LogP contribution in [-0.4, -0.2) is 30.6 Å². The van der Waals surface area contributed by atoms with Gasteiger partial charge in [-0.1, -0.05) is 0 Å². The molecule has 5 heteroatoms. The van der Waals surface area contributed by atoms with Crippen LogP contribution >= 0.6 is 0 Å². The summed E-state index contributed by atoms with van der Waals surface area (Å²) in [6.07, 6.45) is 0.843. The van der Waals surface area contributed by atoms with Crippen LogP contribution in [0.3, 0.4) is 0 Å². The first kappa shape index (κ1) is 14.4. The van der Waals surface area contributed by atoms with E-state index in [9.17, 15) is 9.59 Å². The number of pyridine rings is 1. The third-order valence-electron chi connectivity index (χ3n) is 2.84. The lowest BCUT2D eigenvalue weighted by Crippen LogP contribution is -2.34. The topological polar surface area (TPSA) is 63.1 Å². The minimum atomic E-state index is -0.293. The van der Waals surface area contributed by atoms with Gasteiger partial charge in [-0.15, -0.1) is 0 Å². The van der Waals surface area contributed by atoms with Crippen LogP contribution in [0.1, 0.15) is 29.4 Å². The van der Waals surface area contributed by atoms with Crippen LogP contribution < -0.4 is 16.2 Å². The quantitative estimate of drug-likeness (QED) is 0.724. The van der Waals surface area contributed by atoms with Gasteiger partial charge in [0.05, 0.1) is 0 Å². The molecular weight excluding hydrogens is 230 g/mol. The summed E-state index contributed by atoms with van der Waals surface area (Å²) in [5.74, 6) is -0.293. The molecule has 0 unspecified atom stereocenters. The zero-order valence-corrected chi connectivity index (χ0v) is 11.2. The van der Waals surface area contributed by atoms with Gasteiger partial charge in [-0.05, 0) is 46.0 Å². The highest BCUT2D eigenvalue weighted by Crippen LogP contribution is 1.98. The van der Waals surface area contributed by atoms with Gasteiger partial charge in [0.15, 0.2) is 0 Å². The molecule has 1 rings (SSSR count). The van der Waals surface area contributed by atoms with Crippen molar-refractivity contribution in [2.24, 2.45) is 0 Å². The zero-order valence-electron chi connectivity index (χ0n) is 11.2. The Balaban J connectivity index is 2.78. The van der Waals surface area contributed by atoms with E-state index in [0.717, 1.165) is 18.7 Å². The van der Waals surface area contributed by atoms with Crippen molar-refractivity contribution >= 4 is 5.91 Å². The molecule has 1 heterocycles. The van der Waals surface area contributed by atoms with Crippen LogP contribution in [0.5, 0.6) is 0 Å². The Bertz CT molecular complexity index is 466. The molecule has 18 heavy (non-hydrogen) atoms. The van der Waals surface area contributed by atoms with Crippen molar-refractivity contribution in [2.75, 3.05) is 20.1 Å². The molecule has 0 fully saturated rings. The molecule has 5 nitrogen and oxygen atoms in total. The van der Waals surface area contributed by atoms with Crippen LogP contribution in [0.25, 0.3) is 0 Å². The number of aryl methyl sites for hydroxylation is 1. The summed E-state index contributed by atoms with van der Waals surface area (Å²) in [6, 6.07) is 3.39. The number of amides is 1. The first-order valence-corrected chi connectivity index (χ1v) is 6.25. The van der Waals surface area contributed by atoms with E-state index in [1.165, 1.54) is 0 Å². The molecule has 0 aliphatic heterocycles. The summed E-state index contributed by atoms with van der Waals surface area (Å²) in [4.78, 5) is 23.9. The number of hydrogen-bond acceptors (Lipinski definition) is 3. The number of nitrogens with zero attached hydrogens (tertiary/aromatic N) is 1. The molecule has 0 bridgehead atoms. The highest BCUT2D eigenvalue weighted by molar-refractivity contribution is 5.93. The Labute approximate surface area is 107 Å². The number of nitrogens with one attached hydrogen (secondary N) is 2. The summed E-state index contributed by atoms with van der Waals surface area (Å²) < 4.78 is 1.60. The van der Waals surface area contributed by atoms with Crippen molar-refractivity contribution in [3.63, 3.8) is 0 Å². The molecule has 0 aliphatic rings. The second-order valence-electron chi connectivity index (χ2n) is 4.15. The average Bonchev–Trinajstić information content (AvgIpc) is 2.35. The molecule has 0 atom stereocenters. The molecule has 0 aromatic carbocycles. The summed E-state index contributed by atoms with van der Waals surface area (Å²) >= 11 is 0. The smallest absolute Gasteiger partial charge is 0.263 e. The van der Waals surface area contributed by atoms with Gasteiger partial charge in [0, 0.05) is 18.8 Å². The highest BCUT2D eigenvalue weighted by atomic mass is 16.2. The number of rotatable bonds is 6. The normalized spacial score (nSPS) is 10.4. The van der Waals surface area contributed by atoms with Gasteiger partial charge in [0.25, 0.3) is 11.5 Å². The number of carbonyl (C=O) groups is 1. The molecule has 1 amide bonds. The predicted molar refractivity (Wildman–Crippen MR) is 72.0 cm³/mol. The van der Waals surface area contributed by atoms with Gasteiger partial charge >= 0.3 is 0 Å². The van der Waals surface area contributed by atoms with Crippen molar-refractivity contribution in [3.8, 4) is 0 Å². The molecule has 0 aliphatic carbocycles. The van der Waals surface area contributed by atoms with Crippen molar-refractivity contribution in [1.29, 1.82) is 0 Å². The first-order valence-electron chi connectivity index (χ1n) is 6.25. The molecule has 100 valence electrons. The van der Waals surface area contributed by atoms with Crippen molar-refractivity contribution in [2.45, 2.75) is 26.8 Å². The van der Waals surface area contributed by atoms with Gasteiger partial charge in [-0.2, -0.15) is 0 Å². The van der Waals surface area contributed by atoms with E-state index >= 15 is 0 Å². The van der Waals surface area contributed by atoms with E-state index in [-0.39, 0.29) is 17.0 Å². The standard InChI is InChI=1S/C13H21N3O2/c1-4-16-10(2)6-7-11(13(16)18)12(17)15-9-5-8-14-3/h6-7,14H,4-5,8-9H2,1-3H3,(H,15,17). The van der Waals surface area contributed by atoms with E-state index in [4.69, 9.17) is 0 Å². The first-order chi connectivity index (χ1) is 8.61.